The van der Waals surface area contributed by atoms with Gasteiger partial charge >= 0.3 is 6.03 Å². The lowest BCUT2D eigenvalue weighted by molar-refractivity contribution is -0.0296. The molecule has 7 heteroatoms. The first-order valence-electron chi connectivity index (χ1n) is 9.51. The molecule has 2 aliphatic rings. The van der Waals surface area contributed by atoms with Crippen LogP contribution in [0.15, 0.2) is 12.4 Å². The number of rotatable bonds is 5. The fraction of sp³-hybridized carbons (Fsp3) is 0.778. The first-order valence-corrected chi connectivity index (χ1v) is 9.51. The Hall–Kier alpha value is -1.60. The number of morpholine rings is 1. The van der Waals surface area contributed by atoms with Crippen LogP contribution in [0.4, 0.5) is 4.79 Å². The smallest absolute Gasteiger partial charge is 0.318 e. The predicted octanol–water partition coefficient (Wildman–Crippen LogP) is 2.00. The van der Waals surface area contributed by atoms with E-state index in [-0.39, 0.29) is 18.2 Å². The lowest BCUT2D eigenvalue weighted by Crippen LogP contribution is -2.51. The lowest BCUT2D eigenvalue weighted by Gasteiger charge is -2.36. The number of imidazole rings is 1. The van der Waals surface area contributed by atoms with Crippen LogP contribution in [-0.2, 0) is 4.74 Å². The zero-order chi connectivity index (χ0) is 17.6. The monoisotopic (exact) mass is 349 g/mol. The van der Waals surface area contributed by atoms with E-state index in [2.05, 4.69) is 34.0 Å². The molecule has 0 bridgehead atoms. The third-order valence-electron chi connectivity index (χ3n) is 4.93. The standard InChI is InChI=1S/C18H31N5O2/c1-14(2)12-22-9-10-25-15(13-22)11-21-18(24)23-8-4-3-5-16(23)17-19-6-7-20-17/h6-7,14-16H,3-5,8-13H2,1-2H3,(H,19,20)(H,21,24)/t15-,16-/m1/s1. The van der Waals surface area contributed by atoms with E-state index in [9.17, 15) is 4.79 Å². The molecule has 2 aliphatic heterocycles. The van der Waals surface area contributed by atoms with Crippen LogP contribution in [0.1, 0.15) is 45.0 Å². The quantitative estimate of drug-likeness (QED) is 0.853. The summed E-state index contributed by atoms with van der Waals surface area (Å²) in [5.74, 6) is 1.53. The number of nitrogens with zero attached hydrogens (tertiary/aromatic N) is 3. The molecule has 25 heavy (non-hydrogen) atoms. The summed E-state index contributed by atoms with van der Waals surface area (Å²) >= 11 is 0. The number of hydrogen-bond acceptors (Lipinski definition) is 4. The number of ether oxygens (including phenoxy) is 1. The summed E-state index contributed by atoms with van der Waals surface area (Å²) < 4.78 is 5.83. The molecule has 2 saturated heterocycles. The number of carbonyl (C=O) groups is 1. The van der Waals surface area contributed by atoms with E-state index >= 15 is 0 Å². The zero-order valence-electron chi connectivity index (χ0n) is 15.4. The van der Waals surface area contributed by atoms with Crippen molar-refractivity contribution in [1.29, 1.82) is 0 Å². The number of urea groups is 1. The van der Waals surface area contributed by atoms with Gasteiger partial charge in [0.2, 0.25) is 0 Å². The molecule has 0 aliphatic carbocycles. The molecular weight excluding hydrogens is 318 g/mol. The highest BCUT2D eigenvalue weighted by Gasteiger charge is 2.30. The first kappa shape index (κ1) is 18.2. The summed E-state index contributed by atoms with van der Waals surface area (Å²) in [6.45, 7) is 9.51. The molecule has 3 heterocycles. The number of hydrogen-bond donors (Lipinski definition) is 2. The van der Waals surface area contributed by atoms with Crippen LogP contribution < -0.4 is 5.32 Å². The summed E-state index contributed by atoms with van der Waals surface area (Å²) in [5.41, 5.74) is 0. The van der Waals surface area contributed by atoms with Crippen molar-refractivity contribution in [1.82, 2.24) is 25.1 Å². The molecule has 140 valence electrons. The van der Waals surface area contributed by atoms with Crippen molar-refractivity contribution < 1.29 is 9.53 Å². The van der Waals surface area contributed by atoms with Crippen molar-refractivity contribution in [3.05, 3.63) is 18.2 Å². The number of aromatic nitrogens is 2. The van der Waals surface area contributed by atoms with E-state index in [1.807, 2.05) is 11.1 Å². The minimum atomic E-state index is -0.00863. The van der Waals surface area contributed by atoms with E-state index in [0.29, 0.717) is 12.5 Å². The summed E-state index contributed by atoms with van der Waals surface area (Å²) in [4.78, 5) is 24.6. The van der Waals surface area contributed by atoms with Crippen molar-refractivity contribution >= 4 is 6.03 Å². The fourth-order valence-electron chi connectivity index (χ4n) is 3.81. The Labute approximate surface area is 150 Å². The predicted molar refractivity (Wildman–Crippen MR) is 96.3 cm³/mol. The number of likely N-dealkylation sites (tertiary alicyclic amines) is 1. The molecule has 7 nitrogen and oxygen atoms in total. The Kier molecular flexibility index (Phi) is 6.31. The number of nitrogens with one attached hydrogen (secondary N) is 2. The van der Waals surface area contributed by atoms with E-state index in [0.717, 1.165) is 57.9 Å². The maximum absolute atomic E-state index is 12.7. The average molecular weight is 349 g/mol. The Morgan fingerprint density at radius 1 is 1.44 bits per heavy atom. The summed E-state index contributed by atoms with van der Waals surface area (Å²) in [5, 5.41) is 3.08. The maximum Gasteiger partial charge on any atom is 0.318 e. The third kappa shape index (κ3) is 4.95. The molecular formula is C18H31N5O2. The molecule has 2 atom stereocenters. The van der Waals surface area contributed by atoms with Crippen LogP contribution >= 0.6 is 0 Å². The first-order chi connectivity index (χ1) is 12.1. The number of aromatic amines is 1. The van der Waals surface area contributed by atoms with E-state index in [1.165, 1.54) is 0 Å². The van der Waals surface area contributed by atoms with Gasteiger partial charge in [0.25, 0.3) is 0 Å². The molecule has 0 spiro atoms. The minimum Gasteiger partial charge on any atom is -0.374 e. The number of amides is 2. The molecule has 2 fully saturated rings. The molecule has 1 aromatic rings. The second kappa shape index (κ2) is 8.67. The maximum atomic E-state index is 12.7. The molecule has 2 N–H and O–H groups in total. The van der Waals surface area contributed by atoms with Crippen molar-refractivity contribution in [3.63, 3.8) is 0 Å². The van der Waals surface area contributed by atoms with Crippen LogP contribution in [0.5, 0.6) is 0 Å². The summed E-state index contributed by atoms with van der Waals surface area (Å²) in [7, 11) is 0. The molecule has 0 aromatic carbocycles. The normalized spacial score (nSPS) is 25.3. The lowest BCUT2D eigenvalue weighted by atomic mass is 10.0. The summed E-state index contributed by atoms with van der Waals surface area (Å²) in [6, 6.07) is 0.0409. The van der Waals surface area contributed by atoms with E-state index < -0.39 is 0 Å². The van der Waals surface area contributed by atoms with Gasteiger partial charge in [-0.05, 0) is 25.2 Å². The van der Waals surface area contributed by atoms with E-state index in [4.69, 9.17) is 4.74 Å². The van der Waals surface area contributed by atoms with Crippen LogP contribution in [0.25, 0.3) is 0 Å². The molecule has 1 aromatic heterocycles. The zero-order valence-corrected chi connectivity index (χ0v) is 15.4. The second-order valence-corrected chi connectivity index (χ2v) is 7.51. The van der Waals surface area contributed by atoms with Gasteiger partial charge in [-0.1, -0.05) is 13.8 Å². The minimum absolute atomic E-state index is 0.00863. The third-order valence-corrected chi connectivity index (χ3v) is 4.93. The number of piperidine rings is 1. The van der Waals surface area contributed by atoms with Gasteiger partial charge < -0.3 is 19.9 Å². The van der Waals surface area contributed by atoms with Crippen LogP contribution in [0.2, 0.25) is 0 Å². The second-order valence-electron chi connectivity index (χ2n) is 7.51. The Morgan fingerprint density at radius 3 is 3.08 bits per heavy atom. The Bertz CT molecular complexity index is 534. The van der Waals surface area contributed by atoms with Gasteiger partial charge in [-0.3, -0.25) is 4.90 Å². The highest BCUT2D eigenvalue weighted by atomic mass is 16.5. The van der Waals surface area contributed by atoms with Crippen molar-refractivity contribution in [2.45, 2.75) is 45.3 Å². The van der Waals surface area contributed by atoms with Gasteiger partial charge in [0, 0.05) is 45.1 Å². The highest BCUT2D eigenvalue weighted by Crippen LogP contribution is 2.28. The molecule has 0 unspecified atom stereocenters. The van der Waals surface area contributed by atoms with Gasteiger partial charge in [0.15, 0.2) is 0 Å². The van der Waals surface area contributed by atoms with Gasteiger partial charge in [-0.2, -0.15) is 0 Å². The number of H-pyrrole nitrogens is 1. The molecule has 0 radical (unpaired) electrons. The highest BCUT2D eigenvalue weighted by molar-refractivity contribution is 5.74. The average Bonchev–Trinajstić information content (AvgIpc) is 3.14. The summed E-state index contributed by atoms with van der Waals surface area (Å²) in [6.07, 6.45) is 6.78. The van der Waals surface area contributed by atoms with Gasteiger partial charge in [-0.25, -0.2) is 9.78 Å². The largest absolute Gasteiger partial charge is 0.374 e. The van der Waals surface area contributed by atoms with Crippen molar-refractivity contribution in [2.75, 3.05) is 39.3 Å². The Balaban J connectivity index is 1.51. The van der Waals surface area contributed by atoms with Gasteiger partial charge in [0.05, 0.1) is 18.8 Å². The fourth-order valence-corrected chi connectivity index (χ4v) is 3.81. The van der Waals surface area contributed by atoms with Crippen molar-refractivity contribution in [2.24, 2.45) is 5.92 Å². The molecule has 0 saturated carbocycles. The van der Waals surface area contributed by atoms with Gasteiger partial charge in [-0.15, -0.1) is 0 Å². The van der Waals surface area contributed by atoms with Crippen LogP contribution in [0, 0.1) is 5.92 Å². The van der Waals surface area contributed by atoms with Crippen LogP contribution in [-0.4, -0.2) is 71.2 Å². The number of carbonyl (C=O) groups excluding carboxylic acids is 1. The van der Waals surface area contributed by atoms with Crippen molar-refractivity contribution in [3.8, 4) is 0 Å². The molecule has 3 rings (SSSR count). The van der Waals surface area contributed by atoms with E-state index in [1.54, 1.807) is 6.20 Å². The topological polar surface area (TPSA) is 73.5 Å². The SMILES string of the molecule is CC(C)CN1CCO[C@H](CNC(=O)N2CCCC[C@@H]2c2ncc[nH]2)C1. The molecule has 2 amide bonds. The Morgan fingerprint density at radius 2 is 2.32 bits per heavy atom. The van der Waals surface area contributed by atoms with Gasteiger partial charge in [0.1, 0.15) is 5.82 Å². The van der Waals surface area contributed by atoms with Crippen LogP contribution in [0.3, 0.4) is 0 Å².